The van der Waals surface area contributed by atoms with Crippen LogP contribution in [0, 0.1) is 0 Å². The molecule has 2 N–H and O–H groups in total. The Kier molecular flexibility index (Phi) is 5.76. The molecule has 1 saturated heterocycles. The zero-order valence-corrected chi connectivity index (χ0v) is 13.7. The standard InChI is InChI=1S/C17H24N2O2S/c20-17(12-22-11-16-3-1-2-6-21-16)19-8-13-4-5-14-9-18-10-15(14)7-13/h4-5,7,16,18H,1-3,6,8-12H2,(H,19,20). The molecule has 1 atom stereocenters. The lowest BCUT2D eigenvalue weighted by molar-refractivity contribution is -0.118. The van der Waals surface area contributed by atoms with Crippen LogP contribution in [0.15, 0.2) is 18.2 Å². The summed E-state index contributed by atoms with van der Waals surface area (Å²) in [5.41, 5.74) is 3.91. The summed E-state index contributed by atoms with van der Waals surface area (Å²) in [5, 5.41) is 6.34. The molecule has 1 aromatic rings. The van der Waals surface area contributed by atoms with E-state index in [9.17, 15) is 4.79 Å². The van der Waals surface area contributed by atoms with Gasteiger partial charge in [0.25, 0.3) is 0 Å². The normalized spacial score (nSPS) is 20.6. The number of rotatable bonds is 6. The van der Waals surface area contributed by atoms with E-state index in [1.165, 1.54) is 29.5 Å². The maximum Gasteiger partial charge on any atom is 0.230 e. The predicted molar refractivity (Wildman–Crippen MR) is 89.7 cm³/mol. The van der Waals surface area contributed by atoms with E-state index in [-0.39, 0.29) is 5.91 Å². The minimum absolute atomic E-state index is 0.111. The van der Waals surface area contributed by atoms with Gasteiger partial charge < -0.3 is 15.4 Å². The average Bonchev–Trinajstić information content (AvgIpc) is 3.01. The summed E-state index contributed by atoms with van der Waals surface area (Å²) in [6.45, 7) is 3.40. The number of hydrogen-bond acceptors (Lipinski definition) is 4. The van der Waals surface area contributed by atoms with Crippen LogP contribution in [0.5, 0.6) is 0 Å². The molecule has 4 nitrogen and oxygen atoms in total. The van der Waals surface area contributed by atoms with E-state index in [1.807, 2.05) is 0 Å². The Morgan fingerprint density at radius 1 is 1.32 bits per heavy atom. The molecule has 0 bridgehead atoms. The molecule has 5 heteroatoms. The fourth-order valence-electron chi connectivity index (χ4n) is 2.93. The summed E-state index contributed by atoms with van der Waals surface area (Å²) in [7, 11) is 0. The van der Waals surface area contributed by atoms with Gasteiger partial charge in [-0.15, -0.1) is 11.8 Å². The Bertz CT molecular complexity index is 515. The second-order valence-corrected chi connectivity index (χ2v) is 7.02. The average molecular weight is 320 g/mol. The third kappa shape index (κ3) is 4.48. The molecule has 1 unspecified atom stereocenters. The van der Waals surface area contributed by atoms with Crippen molar-refractivity contribution in [2.45, 2.75) is 45.0 Å². The third-order valence-electron chi connectivity index (χ3n) is 4.20. The van der Waals surface area contributed by atoms with Crippen molar-refractivity contribution in [3.8, 4) is 0 Å². The number of hydrogen-bond donors (Lipinski definition) is 2. The monoisotopic (exact) mass is 320 g/mol. The summed E-state index contributed by atoms with van der Waals surface area (Å²) < 4.78 is 5.67. The maximum atomic E-state index is 11.9. The molecule has 120 valence electrons. The van der Waals surface area contributed by atoms with E-state index in [0.29, 0.717) is 18.4 Å². The first kappa shape index (κ1) is 15.8. The first-order valence-electron chi connectivity index (χ1n) is 8.09. The summed E-state index contributed by atoms with van der Waals surface area (Å²) >= 11 is 1.68. The van der Waals surface area contributed by atoms with Crippen molar-refractivity contribution in [1.82, 2.24) is 10.6 Å². The fraction of sp³-hybridized carbons (Fsp3) is 0.588. The smallest absolute Gasteiger partial charge is 0.230 e. The van der Waals surface area contributed by atoms with Crippen LogP contribution in [0.3, 0.4) is 0 Å². The Balaban J connectivity index is 1.35. The van der Waals surface area contributed by atoms with Crippen molar-refractivity contribution < 1.29 is 9.53 Å². The van der Waals surface area contributed by atoms with Gasteiger partial charge in [0.1, 0.15) is 0 Å². The molecule has 0 aromatic heterocycles. The van der Waals surface area contributed by atoms with Gasteiger partial charge in [-0.2, -0.15) is 0 Å². The van der Waals surface area contributed by atoms with Gasteiger partial charge in [-0.05, 0) is 36.0 Å². The van der Waals surface area contributed by atoms with Gasteiger partial charge in [0.05, 0.1) is 11.9 Å². The van der Waals surface area contributed by atoms with E-state index >= 15 is 0 Å². The van der Waals surface area contributed by atoms with Crippen LogP contribution >= 0.6 is 11.8 Å². The van der Waals surface area contributed by atoms with E-state index < -0.39 is 0 Å². The summed E-state index contributed by atoms with van der Waals surface area (Å²) in [4.78, 5) is 11.9. The van der Waals surface area contributed by atoms with Gasteiger partial charge in [0.2, 0.25) is 5.91 Å². The van der Waals surface area contributed by atoms with Crippen molar-refractivity contribution in [2.24, 2.45) is 0 Å². The summed E-state index contributed by atoms with van der Waals surface area (Å²) in [6.07, 6.45) is 3.91. The van der Waals surface area contributed by atoms with Crippen molar-refractivity contribution >= 4 is 17.7 Å². The molecular formula is C17H24N2O2S. The van der Waals surface area contributed by atoms with E-state index in [0.717, 1.165) is 31.9 Å². The van der Waals surface area contributed by atoms with Gasteiger partial charge in [-0.3, -0.25) is 4.79 Å². The van der Waals surface area contributed by atoms with Crippen molar-refractivity contribution in [1.29, 1.82) is 0 Å². The van der Waals surface area contributed by atoms with E-state index in [4.69, 9.17) is 4.74 Å². The van der Waals surface area contributed by atoms with Crippen LogP contribution in [-0.4, -0.2) is 30.1 Å². The highest BCUT2D eigenvalue weighted by Crippen LogP contribution is 2.18. The molecule has 1 aromatic carbocycles. The molecule has 2 aliphatic rings. The highest BCUT2D eigenvalue weighted by atomic mass is 32.2. The zero-order chi connectivity index (χ0) is 15.2. The third-order valence-corrected chi connectivity index (χ3v) is 5.28. The molecule has 3 rings (SSSR count). The molecule has 0 spiro atoms. The van der Waals surface area contributed by atoms with Crippen molar-refractivity contribution in [3.05, 3.63) is 34.9 Å². The first-order chi connectivity index (χ1) is 10.8. The van der Waals surface area contributed by atoms with Crippen LogP contribution in [0.1, 0.15) is 36.0 Å². The zero-order valence-electron chi connectivity index (χ0n) is 12.9. The highest BCUT2D eigenvalue weighted by Gasteiger charge is 2.14. The molecule has 0 aliphatic carbocycles. The second kappa shape index (κ2) is 7.99. The largest absolute Gasteiger partial charge is 0.377 e. The molecule has 0 radical (unpaired) electrons. The molecule has 0 saturated carbocycles. The van der Waals surface area contributed by atoms with Crippen LogP contribution in [-0.2, 0) is 29.2 Å². The van der Waals surface area contributed by atoms with E-state index in [1.54, 1.807) is 11.8 Å². The Morgan fingerprint density at radius 3 is 3.09 bits per heavy atom. The molecular weight excluding hydrogens is 296 g/mol. The van der Waals surface area contributed by atoms with Gasteiger partial charge >= 0.3 is 0 Å². The Hall–Kier alpha value is -1.04. The van der Waals surface area contributed by atoms with Crippen molar-refractivity contribution in [3.63, 3.8) is 0 Å². The number of carbonyl (C=O) groups excluding carboxylic acids is 1. The number of nitrogens with one attached hydrogen (secondary N) is 2. The minimum Gasteiger partial charge on any atom is -0.377 e. The topological polar surface area (TPSA) is 50.4 Å². The molecule has 2 heterocycles. The van der Waals surface area contributed by atoms with Gasteiger partial charge in [0.15, 0.2) is 0 Å². The lowest BCUT2D eigenvalue weighted by Crippen LogP contribution is -2.26. The minimum atomic E-state index is 0.111. The summed E-state index contributed by atoms with van der Waals surface area (Å²) in [5.74, 6) is 1.56. The molecule has 22 heavy (non-hydrogen) atoms. The second-order valence-electron chi connectivity index (χ2n) is 5.99. The van der Waals surface area contributed by atoms with Crippen LogP contribution in [0.4, 0.5) is 0 Å². The maximum absolute atomic E-state index is 11.9. The number of thioether (sulfide) groups is 1. The van der Waals surface area contributed by atoms with Crippen molar-refractivity contribution in [2.75, 3.05) is 18.1 Å². The van der Waals surface area contributed by atoms with E-state index in [2.05, 4.69) is 28.8 Å². The van der Waals surface area contributed by atoms with Gasteiger partial charge in [-0.1, -0.05) is 18.2 Å². The Morgan fingerprint density at radius 2 is 2.23 bits per heavy atom. The lowest BCUT2D eigenvalue weighted by Gasteiger charge is -2.21. The number of carbonyl (C=O) groups is 1. The van der Waals surface area contributed by atoms with Crippen LogP contribution < -0.4 is 10.6 Å². The van der Waals surface area contributed by atoms with Gasteiger partial charge in [0, 0.05) is 32.0 Å². The van der Waals surface area contributed by atoms with Gasteiger partial charge in [-0.25, -0.2) is 0 Å². The van der Waals surface area contributed by atoms with Crippen LogP contribution in [0.25, 0.3) is 0 Å². The SMILES string of the molecule is O=C(CSCC1CCCCO1)NCc1ccc2c(c1)CNC2. The molecule has 1 amide bonds. The fourth-order valence-corrected chi connectivity index (χ4v) is 3.86. The summed E-state index contributed by atoms with van der Waals surface area (Å²) in [6, 6.07) is 6.46. The predicted octanol–water partition coefficient (Wildman–Crippen LogP) is 2.21. The number of fused-ring (bicyclic) bond motifs is 1. The Labute approximate surface area is 136 Å². The quantitative estimate of drug-likeness (QED) is 0.844. The number of amides is 1. The first-order valence-corrected chi connectivity index (χ1v) is 9.24. The number of benzene rings is 1. The molecule has 1 fully saturated rings. The number of ether oxygens (including phenoxy) is 1. The highest BCUT2D eigenvalue weighted by molar-refractivity contribution is 7.99. The lowest BCUT2D eigenvalue weighted by atomic mass is 10.1. The van der Waals surface area contributed by atoms with Crippen LogP contribution in [0.2, 0.25) is 0 Å². The molecule has 2 aliphatic heterocycles.